The Labute approximate surface area is 150 Å². The Balaban J connectivity index is 1.69. The summed E-state index contributed by atoms with van der Waals surface area (Å²) in [6.45, 7) is 5.11. The highest BCUT2D eigenvalue weighted by molar-refractivity contribution is 5.97. The number of halogens is 2. The minimum absolute atomic E-state index is 0.0739. The predicted octanol–water partition coefficient (Wildman–Crippen LogP) is 2.52. The van der Waals surface area contributed by atoms with Crippen molar-refractivity contribution in [2.45, 2.75) is 13.8 Å². The minimum Gasteiger partial charge on any atom is -0.351 e. The molecule has 0 spiro atoms. The molecule has 1 fully saturated rings. The van der Waals surface area contributed by atoms with E-state index in [2.05, 4.69) is 0 Å². The maximum absolute atomic E-state index is 13.8. The molecule has 1 aliphatic rings. The van der Waals surface area contributed by atoms with E-state index < -0.39 is 17.5 Å². The van der Waals surface area contributed by atoms with Crippen molar-refractivity contribution in [3.8, 4) is 0 Å². The lowest BCUT2D eigenvalue weighted by Gasteiger charge is -2.35. The molecular formula is C19H21F2N3O2. The number of nitrogens with zero attached hydrogens (tertiary/aromatic N) is 3. The molecule has 26 heavy (non-hydrogen) atoms. The summed E-state index contributed by atoms with van der Waals surface area (Å²) >= 11 is 0. The fourth-order valence-electron chi connectivity index (χ4n) is 3.19. The van der Waals surface area contributed by atoms with E-state index in [9.17, 15) is 18.4 Å². The number of piperazine rings is 1. The number of aryl methyl sites for hydroxylation is 1. The normalized spacial score (nSPS) is 14.7. The van der Waals surface area contributed by atoms with Gasteiger partial charge in [0.1, 0.15) is 11.6 Å². The first-order valence-corrected chi connectivity index (χ1v) is 8.46. The maximum atomic E-state index is 13.8. The largest absolute Gasteiger partial charge is 0.351 e. The van der Waals surface area contributed by atoms with Crippen LogP contribution in [0.25, 0.3) is 0 Å². The van der Waals surface area contributed by atoms with Gasteiger partial charge < -0.3 is 14.4 Å². The molecule has 0 bridgehead atoms. The molecule has 1 saturated heterocycles. The second-order valence-electron chi connectivity index (χ2n) is 6.55. The van der Waals surface area contributed by atoms with E-state index in [-0.39, 0.29) is 24.6 Å². The molecule has 0 atom stereocenters. The zero-order valence-electron chi connectivity index (χ0n) is 15.1. The third-order valence-corrected chi connectivity index (χ3v) is 5.02. The van der Waals surface area contributed by atoms with Gasteiger partial charge in [-0.3, -0.25) is 9.59 Å². The third kappa shape index (κ3) is 3.21. The van der Waals surface area contributed by atoms with Crippen LogP contribution in [0.1, 0.15) is 32.1 Å². The highest BCUT2D eigenvalue weighted by atomic mass is 19.1. The van der Waals surface area contributed by atoms with Gasteiger partial charge in [-0.05, 0) is 38.1 Å². The number of amides is 2. The Hall–Kier alpha value is -2.70. The van der Waals surface area contributed by atoms with Gasteiger partial charge in [-0.2, -0.15) is 0 Å². The molecule has 3 rings (SSSR count). The first-order valence-electron chi connectivity index (χ1n) is 8.46. The lowest BCUT2D eigenvalue weighted by atomic mass is 10.1. The monoisotopic (exact) mass is 361 g/mol. The van der Waals surface area contributed by atoms with Crippen LogP contribution in [0.15, 0.2) is 24.3 Å². The highest BCUT2D eigenvalue weighted by Gasteiger charge is 2.28. The SMILES string of the molecule is Cc1cc(C(=O)N2CCN(C(=O)c3cc(F)ccc3F)CC2)c(C)n1C. The van der Waals surface area contributed by atoms with E-state index >= 15 is 0 Å². The summed E-state index contributed by atoms with van der Waals surface area (Å²) in [4.78, 5) is 28.3. The fourth-order valence-corrected chi connectivity index (χ4v) is 3.19. The van der Waals surface area contributed by atoms with Gasteiger partial charge in [0.05, 0.1) is 11.1 Å². The van der Waals surface area contributed by atoms with Gasteiger partial charge in [-0.15, -0.1) is 0 Å². The van der Waals surface area contributed by atoms with Gasteiger partial charge in [0.15, 0.2) is 0 Å². The summed E-state index contributed by atoms with van der Waals surface area (Å²) in [5, 5.41) is 0. The molecule has 0 N–H and O–H groups in total. The van der Waals surface area contributed by atoms with Crippen LogP contribution in [0.3, 0.4) is 0 Å². The zero-order valence-corrected chi connectivity index (χ0v) is 15.1. The molecule has 1 aromatic heterocycles. The van der Waals surface area contributed by atoms with E-state index in [1.54, 1.807) is 4.90 Å². The molecule has 0 unspecified atom stereocenters. The number of hydrogen-bond acceptors (Lipinski definition) is 2. The zero-order chi connectivity index (χ0) is 19.0. The molecule has 0 saturated carbocycles. The van der Waals surface area contributed by atoms with Crippen molar-refractivity contribution in [2.75, 3.05) is 26.2 Å². The number of rotatable bonds is 2. The average molecular weight is 361 g/mol. The third-order valence-electron chi connectivity index (χ3n) is 5.02. The minimum atomic E-state index is -0.745. The van der Waals surface area contributed by atoms with Crippen LogP contribution in [0.5, 0.6) is 0 Å². The maximum Gasteiger partial charge on any atom is 0.257 e. The summed E-state index contributed by atoms with van der Waals surface area (Å²) in [5.74, 6) is -2.03. The molecule has 2 amide bonds. The summed E-state index contributed by atoms with van der Waals surface area (Å²) in [5.41, 5.74) is 2.27. The van der Waals surface area contributed by atoms with E-state index in [1.165, 1.54) is 4.90 Å². The average Bonchev–Trinajstić information content (AvgIpc) is 2.90. The van der Waals surface area contributed by atoms with Crippen molar-refractivity contribution in [2.24, 2.45) is 7.05 Å². The summed E-state index contributed by atoms with van der Waals surface area (Å²) in [6.07, 6.45) is 0. The summed E-state index contributed by atoms with van der Waals surface area (Å²) in [6, 6.07) is 4.69. The standard InChI is InChI=1S/C19H21F2N3O2/c1-12-10-15(13(2)22(12)3)18(25)23-6-8-24(9-7-23)19(26)16-11-14(20)4-5-17(16)21/h4-5,10-11H,6-9H2,1-3H3. The molecule has 0 radical (unpaired) electrons. The molecule has 2 aromatic rings. The molecule has 138 valence electrons. The van der Waals surface area contributed by atoms with Gasteiger partial charge >= 0.3 is 0 Å². The quantitative estimate of drug-likeness (QED) is 0.825. The number of hydrogen-bond donors (Lipinski definition) is 0. The second kappa shape index (κ2) is 6.90. The van der Waals surface area contributed by atoms with Gasteiger partial charge in [-0.1, -0.05) is 0 Å². The van der Waals surface area contributed by atoms with E-state index in [0.29, 0.717) is 18.7 Å². The summed E-state index contributed by atoms with van der Waals surface area (Å²) < 4.78 is 29.1. The van der Waals surface area contributed by atoms with Crippen molar-refractivity contribution in [1.29, 1.82) is 0 Å². The van der Waals surface area contributed by atoms with Gasteiger partial charge in [0.2, 0.25) is 0 Å². The molecule has 7 heteroatoms. The van der Waals surface area contributed by atoms with E-state index in [4.69, 9.17) is 0 Å². The Kier molecular flexibility index (Phi) is 4.80. The first kappa shape index (κ1) is 18.1. The number of carbonyl (C=O) groups is 2. The number of carbonyl (C=O) groups excluding carboxylic acids is 2. The van der Waals surface area contributed by atoms with Crippen LogP contribution in [-0.2, 0) is 7.05 Å². The molecule has 2 heterocycles. The highest BCUT2D eigenvalue weighted by Crippen LogP contribution is 2.18. The van der Waals surface area contributed by atoms with Crippen LogP contribution in [0.2, 0.25) is 0 Å². The van der Waals surface area contributed by atoms with E-state index in [1.807, 2.05) is 31.5 Å². The van der Waals surface area contributed by atoms with Crippen LogP contribution >= 0.6 is 0 Å². The van der Waals surface area contributed by atoms with Crippen molar-refractivity contribution in [3.05, 3.63) is 58.4 Å². The first-order chi connectivity index (χ1) is 12.3. The van der Waals surface area contributed by atoms with Crippen LogP contribution < -0.4 is 0 Å². The van der Waals surface area contributed by atoms with Gasteiger partial charge in [-0.25, -0.2) is 8.78 Å². The predicted molar refractivity (Wildman–Crippen MR) is 93.1 cm³/mol. The lowest BCUT2D eigenvalue weighted by molar-refractivity contribution is 0.0532. The van der Waals surface area contributed by atoms with Gasteiger partial charge in [0, 0.05) is 44.6 Å². The molecular weight excluding hydrogens is 340 g/mol. The fraction of sp³-hybridized carbons (Fsp3) is 0.368. The van der Waals surface area contributed by atoms with Crippen molar-refractivity contribution in [1.82, 2.24) is 14.4 Å². The van der Waals surface area contributed by atoms with Crippen LogP contribution in [0.4, 0.5) is 8.78 Å². The Morgan fingerprint density at radius 1 is 0.885 bits per heavy atom. The molecule has 5 nitrogen and oxygen atoms in total. The molecule has 1 aromatic carbocycles. The van der Waals surface area contributed by atoms with Crippen molar-refractivity contribution < 1.29 is 18.4 Å². The topological polar surface area (TPSA) is 45.6 Å². The van der Waals surface area contributed by atoms with Crippen LogP contribution in [0, 0.1) is 25.5 Å². The Bertz CT molecular complexity index is 868. The number of benzene rings is 1. The van der Waals surface area contributed by atoms with Gasteiger partial charge in [0.25, 0.3) is 11.8 Å². The van der Waals surface area contributed by atoms with Crippen molar-refractivity contribution in [3.63, 3.8) is 0 Å². The molecule has 1 aliphatic heterocycles. The molecule has 0 aliphatic carbocycles. The van der Waals surface area contributed by atoms with Crippen LogP contribution in [-0.4, -0.2) is 52.4 Å². The number of aromatic nitrogens is 1. The smallest absolute Gasteiger partial charge is 0.257 e. The van der Waals surface area contributed by atoms with E-state index in [0.717, 1.165) is 29.6 Å². The second-order valence-corrected chi connectivity index (χ2v) is 6.55. The van der Waals surface area contributed by atoms with Crippen molar-refractivity contribution >= 4 is 11.8 Å². The summed E-state index contributed by atoms with van der Waals surface area (Å²) in [7, 11) is 1.91. The Morgan fingerprint density at radius 2 is 1.42 bits per heavy atom. The Morgan fingerprint density at radius 3 is 1.92 bits per heavy atom. The lowest BCUT2D eigenvalue weighted by Crippen LogP contribution is -2.50.